The average Bonchev–Trinajstić information content (AvgIpc) is 3.13. The molecular weight excluding hydrogens is 358 g/mol. The maximum Gasteiger partial charge on any atom is 0.311 e. The zero-order chi connectivity index (χ0) is 19.7. The van der Waals surface area contributed by atoms with Gasteiger partial charge in [0, 0.05) is 23.4 Å². The lowest BCUT2D eigenvalue weighted by atomic mass is 10.1. The number of hydrogen-bond acceptors (Lipinski definition) is 6. The van der Waals surface area contributed by atoms with E-state index in [4.69, 9.17) is 4.42 Å². The Labute approximate surface area is 159 Å². The fourth-order valence-corrected chi connectivity index (χ4v) is 2.88. The minimum Gasteiger partial charge on any atom is -0.502 e. The van der Waals surface area contributed by atoms with Crippen molar-refractivity contribution in [3.63, 3.8) is 0 Å². The van der Waals surface area contributed by atoms with Crippen molar-refractivity contribution in [3.8, 4) is 17.2 Å². The summed E-state index contributed by atoms with van der Waals surface area (Å²) in [6.07, 6.45) is 1.40. The Balaban J connectivity index is 1.68. The summed E-state index contributed by atoms with van der Waals surface area (Å²) in [5.41, 5.74) is 3.41. The van der Waals surface area contributed by atoms with Gasteiger partial charge in [0.2, 0.25) is 11.6 Å². The zero-order valence-corrected chi connectivity index (χ0v) is 14.9. The maximum atomic E-state index is 11.1. The molecule has 4 rings (SSSR count). The van der Waals surface area contributed by atoms with Crippen LogP contribution < -0.4 is 0 Å². The highest BCUT2D eigenvalue weighted by Gasteiger charge is 2.17. The van der Waals surface area contributed by atoms with E-state index in [1.807, 2.05) is 36.4 Å². The fourth-order valence-electron chi connectivity index (χ4n) is 2.88. The number of fused-ring (bicyclic) bond motifs is 1. The number of hydrogen-bond donors (Lipinski definition) is 1. The molecule has 0 saturated heterocycles. The molecule has 0 aliphatic carbocycles. The van der Waals surface area contributed by atoms with E-state index in [0.29, 0.717) is 22.7 Å². The summed E-state index contributed by atoms with van der Waals surface area (Å²) in [7, 11) is 0. The monoisotopic (exact) mass is 373 g/mol. The van der Waals surface area contributed by atoms with Gasteiger partial charge in [0.1, 0.15) is 5.52 Å². The highest BCUT2D eigenvalue weighted by molar-refractivity contribution is 5.88. The summed E-state index contributed by atoms with van der Waals surface area (Å²) in [6, 6.07) is 17.7. The molecule has 0 fully saturated rings. The number of phenolic OH excluding ortho intramolecular Hbond substituents is 1. The summed E-state index contributed by atoms with van der Waals surface area (Å²) in [5.74, 6) is 0.0711. The molecule has 1 heterocycles. The van der Waals surface area contributed by atoms with E-state index in [9.17, 15) is 15.2 Å². The molecule has 4 aromatic rings. The van der Waals surface area contributed by atoms with Crippen LogP contribution in [0.25, 0.3) is 22.6 Å². The Bertz CT molecular complexity index is 1190. The molecule has 0 spiro atoms. The first-order valence-corrected chi connectivity index (χ1v) is 8.49. The second-order valence-electron chi connectivity index (χ2n) is 6.27. The highest BCUT2D eigenvalue weighted by Crippen LogP contribution is 2.31. The topological polar surface area (TPSA) is 102 Å². The molecule has 138 valence electrons. The highest BCUT2D eigenvalue weighted by atomic mass is 16.6. The third-order valence-electron chi connectivity index (χ3n) is 4.20. The summed E-state index contributed by atoms with van der Waals surface area (Å²) >= 11 is 0. The summed E-state index contributed by atoms with van der Waals surface area (Å²) in [5, 5.41) is 21.2. The van der Waals surface area contributed by atoms with Crippen molar-refractivity contribution in [3.05, 3.63) is 81.9 Å². The first-order valence-electron chi connectivity index (χ1n) is 8.49. The second kappa shape index (κ2) is 6.96. The largest absolute Gasteiger partial charge is 0.502 e. The predicted molar refractivity (Wildman–Crippen MR) is 106 cm³/mol. The van der Waals surface area contributed by atoms with Crippen molar-refractivity contribution < 1.29 is 14.4 Å². The van der Waals surface area contributed by atoms with Gasteiger partial charge in [0.05, 0.1) is 10.6 Å². The van der Waals surface area contributed by atoms with E-state index in [1.165, 1.54) is 12.3 Å². The number of nitro benzene ring substituents is 1. The van der Waals surface area contributed by atoms with Crippen LogP contribution in [0.3, 0.4) is 0 Å². The molecular formula is C21H15N3O4. The number of benzene rings is 3. The van der Waals surface area contributed by atoms with Crippen LogP contribution in [0.5, 0.6) is 5.75 Å². The number of rotatable bonds is 4. The number of aromatic hydroxyl groups is 1. The van der Waals surface area contributed by atoms with Crippen LogP contribution in [0.4, 0.5) is 11.4 Å². The molecule has 7 heteroatoms. The Morgan fingerprint density at radius 3 is 2.75 bits per heavy atom. The van der Waals surface area contributed by atoms with E-state index in [2.05, 4.69) is 9.98 Å². The van der Waals surface area contributed by atoms with Crippen LogP contribution in [-0.2, 0) is 0 Å². The minimum atomic E-state index is -0.618. The van der Waals surface area contributed by atoms with Gasteiger partial charge >= 0.3 is 5.69 Å². The standard InChI is InChI=1S/C21H15N3O4/c1-13-9-15(20(25)18(10-13)24(26)27)12-22-16-6-4-5-14(11-16)21-23-17-7-2-3-8-19(17)28-21/h2-12,25H,1H3. The third kappa shape index (κ3) is 3.33. The third-order valence-corrected chi connectivity index (χ3v) is 4.20. The van der Waals surface area contributed by atoms with Crippen LogP contribution in [0.15, 0.2) is 70.1 Å². The van der Waals surface area contributed by atoms with Crippen molar-refractivity contribution in [2.24, 2.45) is 4.99 Å². The molecule has 7 nitrogen and oxygen atoms in total. The molecule has 1 N–H and O–H groups in total. The molecule has 0 unspecified atom stereocenters. The summed E-state index contributed by atoms with van der Waals surface area (Å²) < 4.78 is 5.77. The number of aliphatic imine (C=N–C) groups is 1. The molecule has 0 saturated carbocycles. The van der Waals surface area contributed by atoms with Crippen molar-refractivity contribution in [1.29, 1.82) is 0 Å². The average molecular weight is 373 g/mol. The molecule has 1 aromatic heterocycles. The summed E-state index contributed by atoms with van der Waals surface area (Å²) in [6.45, 7) is 1.72. The van der Waals surface area contributed by atoms with E-state index < -0.39 is 10.7 Å². The van der Waals surface area contributed by atoms with Gasteiger partial charge < -0.3 is 9.52 Å². The van der Waals surface area contributed by atoms with Gasteiger partial charge in [-0.1, -0.05) is 18.2 Å². The minimum absolute atomic E-state index is 0.277. The van der Waals surface area contributed by atoms with E-state index in [-0.39, 0.29) is 11.3 Å². The molecule has 28 heavy (non-hydrogen) atoms. The lowest BCUT2D eigenvalue weighted by Crippen LogP contribution is -1.93. The quantitative estimate of drug-likeness (QED) is 0.302. The number of oxazole rings is 1. The van der Waals surface area contributed by atoms with Crippen LogP contribution in [0, 0.1) is 17.0 Å². The number of nitro groups is 1. The van der Waals surface area contributed by atoms with E-state index >= 15 is 0 Å². The van der Waals surface area contributed by atoms with Crippen LogP contribution in [0.1, 0.15) is 11.1 Å². The smallest absolute Gasteiger partial charge is 0.311 e. The molecule has 0 amide bonds. The molecule has 0 aliphatic rings. The Morgan fingerprint density at radius 1 is 1.14 bits per heavy atom. The Morgan fingerprint density at radius 2 is 1.96 bits per heavy atom. The first kappa shape index (κ1) is 17.4. The van der Waals surface area contributed by atoms with Crippen molar-refractivity contribution >= 4 is 28.7 Å². The zero-order valence-electron chi connectivity index (χ0n) is 14.9. The van der Waals surface area contributed by atoms with Crippen LogP contribution >= 0.6 is 0 Å². The van der Waals surface area contributed by atoms with Gasteiger partial charge in [-0.15, -0.1) is 0 Å². The van der Waals surface area contributed by atoms with Gasteiger partial charge in [0.25, 0.3) is 0 Å². The normalized spacial score (nSPS) is 11.3. The van der Waals surface area contributed by atoms with E-state index in [1.54, 1.807) is 25.1 Å². The number of para-hydroxylation sites is 2. The lowest BCUT2D eigenvalue weighted by molar-refractivity contribution is -0.385. The number of phenols is 1. The lowest BCUT2D eigenvalue weighted by Gasteiger charge is -2.03. The number of nitrogens with zero attached hydrogens (tertiary/aromatic N) is 3. The van der Waals surface area contributed by atoms with E-state index in [0.717, 1.165) is 11.1 Å². The first-order chi connectivity index (χ1) is 13.5. The molecule has 0 bridgehead atoms. The SMILES string of the molecule is Cc1cc(C=Nc2cccc(-c3nc4ccccc4o3)c2)c(O)c([N+](=O)[O-])c1. The Kier molecular flexibility index (Phi) is 4.33. The Hall–Kier alpha value is -4.00. The van der Waals surface area contributed by atoms with Crippen LogP contribution in [0.2, 0.25) is 0 Å². The van der Waals surface area contributed by atoms with Crippen LogP contribution in [-0.4, -0.2) is 21.2 Å². The van der Waals surface area contributed by atoms with Gasteiger partial charge in [0.15, 0.2) is 5.58 Å². The molecule has 3 aromatic carbocycles. The van der Waals surface area contributed by atoms with Crippen molar-refractivity contribution in [2.45, 2.75) is 6.92 Å². The second-order valence-corrected chi connectivity index (χ2v) is 6.27. The van der Waals surface area contributed by atoms with Gasteiger partial charge in [-0.25, -0.2) is 4.98 Å². The van der Waals surface area contributed by atoms with Gasteiger partial charge in [-0.2, -0.15) is 0 Å². The van der Waals surface area contributed by atoms with Crippen molar-refractivity contribution in [1.82, 2.24) is 4.98 Å². The predicted octanol–water partition coefficient (Wildman–Crippen LogP) is 5.17. The fraction of sp³-hybridized carbons (Fsp3) is 0.0476. The molecule has 0 aliphatic heterocycles. The summed E-state index contributed by atoms with van der Waals surface area (Å²) in [4.78, 5) is 19.2. The molecule has 0 radical (unpaired) electrons. The van der Waals surface area contributed by atoms with Gasteiger partial charge in [-0.3, -0.25) is 15.1 Å². The number of aromatic nitrogens is 1. The van der Waals surface area contributed by atoms with Crippen molar-refractivity contribution in [2.75, 3.05) is 0 Å². The van der Waals surface area contributed by atoms with Gasteiger partial charge in [-0.05, 0) is 48.9 Å². The maximum absolute atomic E-state index is 11.1. The number of aryl methyl sites for hydroxylation is 1. The molecule has 0 atom stereocenters.